The Labute approximate surface area is 216 Å². The lowest BCUT2D eigenvalue weighted by atomic mass is 9.87. The molecular formula is C27H32ClN7O. The number of hydrogen-bond acceptors (Lipinski definition) is 6. The van der Waals surface area contributed by atoms with Crippen LogP contribution in [-0.2, 0) is 4.79 Å². The molecule has 6 rings (SSSR count). The van der Waals surface area contributed by atoms with E-state index in [1.807, 2.05) is 14.1 Å². The maximum Gasteiger partial charge on any atom is 0.227 e. The number of benzene rings is 1. The molecule has 1 amide bonds. The van der Waals surface area contributed by atoms with Crippen LogP contribution in [0.1, 0.15) is 6.42 Å². The number of carbonyl (C=O) groups excluding carboxylic acids is 1. The lowest BCUT2D eigenvalue weighted by Gasteiger charge is -2.34. The summed E-state index contributed by atoms with van der Waals surface area (Å²) in [5.41, 5.74) is 4.36. The summed E-state index contributed by atoms with van der Waals surface area (Å²) in [6, 6.07) is 8.51. The number of rotatable bonds is 5. The van der Waals surface area contributed by atoms with Crippen LogP contribution in [0.25, 0.3) is 22.6 Å². The highest BCUT2D eigenvalue weighted by Crippen LogP contribution is 2.46. The molecule has 4 atom stereocenters. The third-order valence-electron chi connectivity index (χ3n) is 7.98. The molecule has 2 aliphatic carbocycles. The van der Waals surface area contributed by atoms with Gasteiger partial charge in [-0.15, -0.1) is 0 Å². The van der Waals surface area contributed by atoms with E-state index in [2.05, 4.69) is 68.5 Å². The van der Waals surface area contributed by atoms with E-state index in [0.717, 1.165) is 55.2 Å². The number of H-pyrrole nitrogens is 1. The van der Waals surface area contributed by atoms with Gasteiger partial charge in [0, 0.05) is 57.6 Å². The van der Waals surface area contributed by atoms with Crippen LogP contribution in [-0.4, -0.2) is 84.0 Å². The number of nitrogens with one attached hydrogen (secondary N) is 2. The molecule has 36 heavy (non-hydrogen) atoms. The Morgan fingerprint density at radius 1 is 1.11 bits per heavy atom. The van der Waals surface area contributed by atoms with E-state index in [1.165, 1.54) is 5.69 Å². The lowest BCUT2D eigenvalue weighted by Crippen LogP contribution is -2.44. The fourth-order valence-electron chi connectivity index (χ4n) is 5.93. The average molecular weight is 506 g/mol. The first-order chi connectivity index (χ1) is 17.4. The summed E-state index contributed by atoms with van der Waals surface area (Å²) in [7, 11) is 5.81. The molecule has 3 heterocycles. The topological polar surface area (TPSA) is 80.4 Å². The number of hydrogen-bond donors (Lipinski definition) is 2. The van der Waals surface area contributed by atoms with E-state index in [4.69, 9.17) is 16.6 Å². The lowest BCUT2D eigenvalue weighted by molar-refractivity contribution is -0.133. The largest absolute Gasteiger partial charge is 0.378 e. The van der Waals surface area contributed by atoms with Crippen LogP contribution < -0.4 is 10.2 Å². The molecule has 9 heteroatoms. The fraction of sp³-hybridized carbons (Fsp3) is 0.444. The summed E-state index contributed by atoms with van der Waals surface area (Å²) < 4.78 is 0. The van der Waals surface area contributed by atoms with Crippen molar-refractivity contribution in [2.45, 2.75) is 12.5 Å². The second-order valence-electron chi connectivity index (χ2n) is 10.5. The van der Waals surface area contributed by atoms with Crippen molar-refractivity contribution in [1.29, 1.82) is 0 Å². The van der Waals surface area contributed by atoms with Gasteiger partial charge in [0.1, 0.15) is 11.3 Å². The number of halogens is 1. The maximum atomic E-state index is 13.0. The van der Waals surface area contributed by atoms with E-state index in [-0.39, 0.29) is 23.8 Å². The molecule has 1 aliphatic heterocycles. The van der Waals surface area contributed by atoms with Crippen LogP contribution in [0, 0.1) is 17.8 Å². The second-order valence-corrected chi connectivity index (χ2v) is 10.9. The Kier molecular flexibility index (Phi) is 5.88. The summed E-state index contributed by atoms with van der Waals surface area (Å²) in [5, 5.41) is 4.16. The number of fused-ring (bicyclic) bond motifs is 3. The summed E-state index contributed by atoms with van der Waals surface area (Å²) in [5.74, 6) is 1.35. The van der Waals surface area contributed by atoms with Gasteiger partial charge in [-0.25, -0.2) is 9.97 Å². The van der Waals surface area contributed by atoms with Crippen molar-refractivity contribution in [3.8, 4) is 11.4 Å². The van der Waals surface area contributed by atoms with E-state index in [1.54, 1.807) is 11.1 Å². The number of allylic oxidation sites excluding steroid dienone is 1. The predicted molar refractivity (Wildman–Crippen MR) is 144 cm³/mol. The number of piperazine rings is 1. The Hall–Kier alpha value is -3.10. The summed E-state index contributed by atoms with van der Waals surface area (Å²) in [6.07, 6.45) is 7.05. The maximum absolute atomic E-state index is 13.0. The number of aromatic amines is 1. The Balaban J connectivity index is 1.29. The number of amides is 1. The SMILES string of the molecule is CN1CCN(c2ccc(-c3nc4ncc(Cl)c(N[C@H]5[C@@H](C(=O)N(C)C)[C@@H]6C=C[C@H]5C6)c4[nH]3)cc2)CC1. The van der Waals surface area contributed by atoms with Gasteiger partial charge in [0.25, 0.3) is 0 Å². The normalized spacial score (nSPS) is 25.6. The highest BCUT2D eigenvalue weighted by Gasteiger charge is 2.49. The first kappa shape index (κ1) is 23.3. The van der Waals surface area contributed by atoms with Crippen molar-refractivity contribution in [1.82, 2.24) is 24.8 Å². The van der Waals surface area contributed by atoms with Gasteiger partial charge in [-0.3, -0.25) is 4.79 Å². The third-order valence-corrected chi connectivity index (χ3v) is 8.27. The minimum atomic E-state index is -0.112. The smallest absolute Gasteiger partial charge is 0.227 e. The monoisotopic (exact) mass is 505 g/mol. The Morgan fingerprint density at radius 2 is 1.83 bits per heavy atom. The summed E-state index contributed by atoms with van der Waals surface area (Å²) in [6.45, 7) is 4.22. The Morgan fingerprint density at radius 3 is 2.56 bits per heavy atom. The van der Waals surface area contributed by atoms with Crippen molar-refractivity contribution in [2.24, 2.45) is 17.8 Å². The van der Waals surface area contributed by atoms with Gasteiger partial charge in [-0.2, -0.15) is 0 Å². The van der Waals surface area contributed by atoms with Crippen molar-refractivity contribution in [3.05, 3.63) is 47.6 Å². The molecule has 3 aliphatic rings. The van der Waals surface area contributed by atoms with Crippen LogP contribution in [0.2, 0.25) is 5.02 Å². The van der Waals surface area contributed by atoms with Crippen LogP contribution in [0.15, 0.2) is 42.6 Å². The molecular weight excluding hydrogens is 474 g/mol. The number of carbonyl (C=O) groups is 1. The molecule has 0 spiro atoms. The molecule has 2 N–H and O–H groups in total. The molecule has 2 bridgehead atoms. The number of aromatic nitrogens is 3. The number of anilines is 2. The van der Waals surface area contributed by atoms with Crippen molar-refractivity contribution in [3.63, 3.8) is 0 Å². The van der Waals surface area contributed by atoms with Crippen LogP contribution in [0.4, 0.5) is 11.4 Å². The summed E-state index contributed by atoms with van der Waals surface area (Å²) in [4.78, 5) is 32.2. The zero-order valence-electron chi connectivity index (χ0n) is 20.9. The molecule has 1 saturated heterocycles. The highest BCUT2D eigenvalue weighted by molar-refractivity contribution is 6.34. The zero-order chi connectivity index (χ0) is 25.0. The number of pyridine rings is 1. The fourth-order valence-corrected chi connectivity index (χ4v) is 6.12. The molecule has 3 aromatic rings. The number of likely N-dealkylation sites (N-methyl/N-ethyl adjacent to an activating group) is 1. The number of nitrogens with zero attached hydrogens (tertiary/aromatic N) is 5. The molecule has 1 saturated carbocycles. The van der Waals surface area contributed by atoms with Gasteiger partial charge in [-0.05, 0) is 49.6 Å². The quantitative estimate of drug-likeness (QED) is 0.514. The molecule has 0 unspecified atom stereocenters. The first-order valence-corrected chi connectivity index (χ1v) is 13.0. The van der Waals surface area contributed by atoms with E-state index >= 15 is 0 Å². The second kappa shape index (κ2) is 9.09. The molecule has 8 nitrogen and oxygen atoms in total. The molecule has 2 aromatic heterocycles. The minimum Gasteiger partial charge on any atom is -0.378 e. The molecule has 1 aromatic carbocycles. The van der Waals surface area contributed by atoms with Gasteiger partial charge >= 0.3 is 0 Å². The van der Waals surface area contributed by atoms with Gasteiger partial charge in [0.2, 0.25) is 5.91 Å². The third kappa shape index (κ3) is 4.02. The highest BCUT2D eigenvalue weighted by atomic mass is 35.5. The van der Waals surface area contributed by atoms with Gasteiger partial charge in [0.05, 0.1) is 22.8 Å². The molecule has 2 fully saturated rings. The predicted octanol–water partition coefficient (Wildman–Crippen LogP) is 3.72. The summed E-state index contributed by atoms with van der Waals surface area (Å²) >= 11 is 6.65. The minimum absolute atomic E-state index is 0.0207. The van der Waals surface area contributed by atoms with Crippen molar-refractivity contribution in [2.75, 3.05) is 57.5 Å². The van der Waals surface area contributed by atoms with Gasteiger partial charge < -0.3 is 25.0 Å². The first-order valence-electron chi connectivity index (χ1n) is 12.6. The zero-order valence-corrected chi connectivity index (χ0v) is 21.7. The number of imidazole rings is 1. The van der Waals surface area contributed by atoms with Crippen LogP contribution in [0.5, 0.6) is 0 Å². The Bertz CT molecular complexity index is 1310. The average Bonchev–Trinajstić information content (AvgIpc) is 3.61. The van der Waals surface area contributed by atoms with E-state index < -0.39 is 0 Å². The van der Waals surface area contributed by atoms with E-state index in [9.17, 15) is 4.79 Å². The van der Waals surface area contributed by atoms with Crippen LogP contribution in [0.3, 0.4) is 0 Å². The standard InChI is InChI=1S/C27H32ClN7O/c1-33(2)27(36)21-17-4-5-18(14-17)22(21)30-23-20(28)15-29-26-24(23)31-25(32-26)16-6-8-19(9-7-16)35-12-10-34(3)11-13-35/h4-9,15,17-18,21-22H,10-14H2,1-3H3,(H2,29,30,31,32)/t17-,18+,21+,22-/m1/s1. The van der Waals surface area contributed by atoms with Gasteiger partial charge in [-0.1, -0.05) is 23.8 Å². The van der Waals surface area contributed by atoms with Crippen LogP contribution >= 0.6 is 11.6 Å². The van der Waals surface area contributed by atoms with Crippen molar-refractivity contribution < 1.29 is 4.79 Å². The molecule has 0 radical (unpaired) electrons. The van der Waals surface area contributed by atoms with Gasteiger partial charge in [0.15, 0.2) is 5.65 Å². The van der Waals surface area contributed by atoms with E-state index in [0.29, 0.717) is 16.6 Å². The van der Waals surface area contributed by atoms with Crippen molar-refractivity contribution >= 4 is 40.0 Å². The molecule has 188 valence electrons.